The molecule has 9 heteroatoms. The molecule has 2 aromatic rings. The number of hydrogen-bond acceptors (Lipinski definition) is 5. The molecule has 1 aliphatic rings. The Labute approximate surface area is 177 Å². The number of aromatic nitrogens is 2. The van der Waals surface area contributed by atoms with Crippen molar-refractivity contribution < 1.29 is 9.90 Å². The van der Waals surface area contributed by atoms with Crippen LogP contribution in [0, 0.1) is 0 Å². The van der Waals surface area contributed by atoms with Gasteiger partial charge < -0.3 is 26.0 Å². The number of hydrogen-bond donors (Lipinski definition) is 4. The number of aliphatic imine (C=N–C) groups is 1. The van der Waals surface area contributed by atoms with Crippen LogP contribution in [-0.2, 0) is 7.05 Å². The third-order valence-electron chi connectivity index (χ3n) is 4.96. The zero-order valence-corrected chi connectivity index (χ0v) is 17.6. The number of rotatable bonds is 7. The lowest BCUT2D eigenvalue weighted by atomic mass is 10.1. The number of anilines is 1. The second kappa shape index (κ2) is 10.5. The highest BCUT2D eigenvalue weighted by Crippen LogP contribution is 2.18. The van der Waals surface area contributed by atoms with Crippen molar-refractivity contribution in [2.75, 3.05) is 37.6 Å². The van der Waals surface area contributed by atoms with E-state index < -0.39 is 0 Å². The quantitative estimate of drug-likeness (QED) is 0.307. The first kappa shape index (κ1) is 21.5. The number of carbonyl (C=O) groups is 1. The Balaban J connectivity index is 1.48. The molecule has 1 fully saturated rings. The van der Waals surface area contributed by atoms with Gasteiger partial charge in [-0.05, 0) is 44.0 Å². The molecule has 1 aliphatic heterocycles. The summed E-state index contributed by atoms with van der Waals surface area (Å²) in [5, 5.41) is 23.2. The fourth-order valence-corrected chi connectivity index (χ4v) is 3.47. The molecule has 1 amide bonds. The summed E-state index contributed by atoms with van der Waals surface area (Å²) in [4.78, 5) is 19.1. The number of guanidine groups is 1. The molecule has 1 atom stereocenters. The normalized spacial score (nSPS) is 16.9. The predicted octanol–water partition coefficient (Wildman–Crippen LogP) is 1.08. The van der Waals surface area contributed by atoms with Crippen LogP contribution in [0.25, 0.3) is 0 Å². The summed E-state index contributed by atoms with van der Waals surface area (Å²) in [6.07, 6.45) is 6.13. The van der Waals surface area contributed by atoms with Crippen LogP contribution in [0.5, 0.6) is 5.75 Å². The van der Waals surface area contributed by atoms with E-state index >= 15 is 0 Å². The molecule has 0 saturated carbocycles. The second-order valence-corrected chi connectivity index (χ2v) is 7.37. The van der Waals surface area contributed by atoms with Gasteiger partial charge in [0.05, 0.1) is 18.4 Å². The van der Waals surface area contributed by atoms with Gasteiger partial charge in [0.25, 0.3) is 5.91 Å². The molecule has 162 valence electrons. The molecule has 1 aromatic carbocycles. The molecule has 4 N–H and O–H groups in total. The standard InChI is InChI=1S/C21H31N7O2/c1-3-22-21(24-11-10-23-20(30)16-6-8-19(29)9-7-16)26-17-5-4-12-28(14-17)18-13-25-27(2)15-18/h6-9,13,15,17,29H,3-5,10-12,14H2,1-2H3,(H,23,30)(H2,22,24,26). The van der Waals surface area contributed by atoms with Gasteiger partial charge in [0, 0.05) is 51.0 Å². The van der Waals surface area contributed by atoms with Crippen LogP contribution in [-0.4, -0.2) is 65.5 Å². The van der Waals surface area contributed by atoms with Crippen LogP contribution < -0.4 is 20.9 Å². The Bertz CT molecular complexity index is 847. The van der Waals surface area contributed by atoms with Gasteiger partial charge in [0.2, 0.25) is 0 Å². The monoisotopic (exact) mass is 413 g/mol. The van der Waals surface area contributed by atoms with Gasteiger partial charge in [-0.15, -0.1) is 0 Å². The smallest absolute Gasteiger partial charge is 0.251 e. The Morgan fingerprint density at radius 2 is 2.10 bits per heavy atom. The molecule has 0 radical (unpaired) electrons. The number of carbonyl (C=O) groups excluding carboxylic acids is 1. The summed E-state index contributed by atoms with van der Waals surface area (Å²) >= 11 is 0. The Hall–Kier alpha value is -3.23. The van der Waals surface area contributed by atoms with Gasteiger partial charge in [0.1, 0.15) is 5.75 Å². The van der Waals surface area contributed by atoms with Crippen LogP contribution in [0.15, 0.2) is 41.7 Å². The minimum Gasteiger partial charge on any atom is -0.508 e. The van der Waals surface area contributed by atoms with Gasteiger partial charge in [-0.3, -0.25) is 14.5 Å². The van der Waals surface area contributed by atoms with Crippen molar-refractivity contribution >= 4 is 17.6 Å². The van der Waals surface area contributed by atoms with Gasteiger partial charge >= 0.3 is 0 Å². The highest BCUT2D eigenvalue weighted by atomic mass is 16.3. The van der Waals surface area contributed by atoms with E-state index in [1.807, 2.05) is 31.0 Å². The molecular formula is C21H31N7O2. The Kier molecular flexibility index (Phi) is 7.53. The molecule has 3 rings (SSSR count). The number of nitrogens with zero attached hydrogens (tertiary/aromatic N) is 4. The average Bonchev–Trinajstić information content (AvgIpc) is 3.18. The van der Waals surface area contributed by atoms with E-state index in [1.54, 1.807) is 12.1 Å². The minimum atomic E-state index is -0.178. The van der Waals surface area contributed by atoms with Crippen LogP contribution in [0.1, 0.15) is 30.1 Å². The number of aromatic hydroxyl groups is 1. The van der Waals surface area contributed by atoms with E-state index in [2.05, 4.69) is 30.9 Å². The molecular weight excluding hydrogens is 382 g/mol. The average molecular weight is 414 g/mol. The molecule has 2 heterocycles. The number of phenols is 1. The van der Waals surface area contributed by atoms with Gasteiger partial charge in [-0.25, -0.2) is 0 Å². The first-order valence-corrected chi connectivity index (χ1v) is 10.4. The van der Waals surface area contributed by atoms with E-state index in [1.165, 1.54) is 12.1 Å². The molecule has 30 heavy (non-hydrogen) atoms. The zero-order chi connectivity index (χ0) is 21.3. The second-order valence-electron chi connectivity index (χ2n) is 7.37. The largest absolute Gasteiger partial charge is 0.508 e. The van der Waals surface area contributed by atoms with Crippen molar-refractivity contribution in [3.63, 3.8) is 0 Å². The van der Waals surface area contributed by atoms with E-state index in [0.29, 0.717) is 24.7 Å². The molecule has 1 unspecified atom stereocenters. The lowest BCUT2D eigenvalue weighted by molar-refractivity contribution is 0.0955. The molecule has 0 aliphatic carbocycles. The molecule has 0 bridgehead atoms. The van der Waals surface area contributed by atoms with Crippen molar-refractivity contribution in [2.24, 2.45) is 12.0 Å². The minimum absolute atomic E-state index is 0.141. The Morgan fingerprint density at radius 1 is 1.30 bits per heavy atom. The number of aryl methyl sites for hydroxylation is 1. The van der Waals surface area contributed by atoms with Gasteiger partial charge in [-0.1, -0.05) is 0 Å². The fourth-order valence-electron chi connectivity index (χ4n) is 3.47. The zero-order valence-electron chi connectivity index (χ0n) is 17.6. The van der Waals surface area contributed by atoms with Gasteiger partial charge in [0.15, 0.2) is 5.96 Å². The summed E-state index contributed by atoms with van der Waals surface area (Å²) in [6, 6.07) is 6.48. The molecule has 0 spiro atoms. The third kappa shape index (κ3) is 6.13. The summed E-state index contributed by atoms with van der Waals surface area (Å²) < 4.78 is 1.82. The summed E-state index contributed by atoms with van der Waals surface area (Å²) in [7, 11) is 1.93. The topological polar surface area (TPSA) is 107 Å². The van der Waals surface area contributed by atoms with Crippen molar-refractivity contribution in [2.45, 2.75) is 25.8 Å². The van der Waals surface area contributed by atoms with E-state index in [4.69, 9.17) is 0 Å². The molecule has 9 nitrogen and oxygen atoms in total. The highest BCUT2D eigenvalue weighted by molar-refractivity contribution is 5.94. The predicted molar refractivity (Wildman–Crippen MR) is 118 cm³/mol. The lowest BCUT2D eigenvalue weighted by Crippen LogP contribution is -2.51. The van der Waals surface area contributed by atoms with Gasteiger partial charge in [-0.2, -0.15) is 5.10 Å². The lowest BCUT2D eigenvalue weighted by Gasteiger charge is -2.34. The number of piperidine rings is 1. The summed E-state index contributed by atoms with van der Waals surface area (Å²) in [5.74, 6) is 0.722. The van der Waals surface area contributed by atoms with Crippen molar-refractivity contribution in [1.82, 2.24) is 25.7 Å². The van der Waals surface area contributed by atoms with Crippen LogP contribution in [0.2, 0.25) is 0 Å². The van der Waals surface area contributed by atoms with E-state index in [0.717, 1.165) is 44.1 Å². The Morgan fingerprint density at radius 3 is 2.80 bits per heavy atom. The maximum Gasteiger partial charge on any atom is 0.251 e. The molecule has 1 aromatic heterocycles. The number of benzene rings is 1. The summed E-state index contributed by atoms with van der Waals surface area (Å²) in [6.45, 7) is 5.63. The van der Waals surface area contributed by atoms with Crippen molar-refractivity contribution in [3.8, 4) is 5.75 Å². The fraction of sp³-hybridized carbons (Fsp3) is 0.476. The van der Waals surface area contributed by atoms with E-state index in [-0.39, 0.29) is 11.7 Å². The number of phenolic OH excluding ortho intramolecular Hbond substituents is 1. The van der Waals surface area contributed by atoms with Crippen LogP contribution in [0.4, 0.5) is 5.69 Å². The number of nitrogens with one attached hydrogen (secondary N) is 3. The first-order chi connectivity index (χ1) is 14.5. The van der Waals surface area contributed by atoms with Crippen molar-refractivity contribution in [1.29, 1.82) is 0 Å². The SMILES string of the molecule is CCNC(=NCCNC(=O)c1ccc(O)cc1)NC1CCCN(c2cnn(C)c2)C1. The maximum absolute atomic E-state index is 12.1. The van der Waals surface area contributed by atoms with Crippen LogP contribution in [0.3, 0.4) is 0 Å². The highest BCUT2D eigenvalue weighted by Gasteiger charge is 2.21. The summed E-state index contributed by atoms with van der Waals surface area (Å²) in [5.41, 5.74) is 1.65. The van der Waals surface area contributed by atoms with E-state index in [9.17, 15) is 9.90 Å². The number of amides is 1. The first-order valence-electron chi connectivity index (χ1n) is 10.4. The van der Waals surface area contributed by atoms with Crippen molar-refractivity contribution in [3.05, 3.63) is 42.2 Å². The maximum atomic E-state index is 12.1. The third-order valence-corrected chi connectivity index (χ3v) is 4.96. The van der Waals surface area contributed by atoms with Crippen LogP contribution >= 0.6 is 0 Å². The molecule has 1 saturated heterocycles.